The minimum atomic E-state index is -1.42. The number of carbonyl (C=O) groups is 3. The van der Waals surface area contributed by atoms with Gasteiger partial charge in [0.25, 0.3) is 5.91 Å². The molecule has 1 atom stereocenters. The summed E-state index contributed by atoms with van der Waals surface area (Å²) in [6.07, 6.45) is 1.92. The molecule has 1 fully saturated rings. The van der Waals surface area contributed by atoms with Crippen LogP contribution in [0.15, 0.2) is 58.3 Å². The number of H-pyrrole nitrogens is 1. The summed E-state index contributed by atoms with van der Waals surface area (Å²) in [5.41, 5.74) is 0.823. The Morgan fingerprint density at radius 2 is 1.70 bits per heavy atom. The Kier molecular flexibility index (Phi) is 8.55. The van der Waals surface area contributed by atoms with Crippen LogP contribution in [0.2, 0.25) is 10.0 Å². The number of hydrogen-bond acceptors (Lipinski definition) is 6. The number of piperidine rings is 1. The maximum absolute atomic E-state index is 13.1. The maximum atomic E-state index is 13.1. The number of para-hydroxylation sites is 2. The number of carboxylic acid groups (broad SMARTS) is 1. The lowest BCUT2D eigenvalue weighted by Gasteiger charge is -2.33. The van der Waals surface area contributed by atoms with E-state index in [2.05, 4.69) is 20.6 Å². The van der Waals surface area contributed by atoms with Crippen LogP contribution in [0.4, 0.5) is 10.6 Å². The van der Waals surface area contributed by atoms with Gasteiger partial charge in [-0.05, 0) is 37.1 Å². The average Bonchev–Trinajstić information content (AvgIpc) is 3.23. The van der Waals surface area contributed by atoms with Crippen molar-refractivity contribution in [3.8, 4) is 0 Å². The first-order chi connectivity index (χ1) is 20.5. The van der Waals surface area contributed by atoms with Crippen LogP contribution >= 0.6 is 23.2 Å². The number of urea groups is 1. The standard InChI is InChI=1S/C28H27Cl2N7O6/c1-35-20-7-2-3-8-21(20)37(28(35)43)16-9-11-36(12-10-16)27(42)32-19(25(39)40)13-15-14-31-26(41)34-23(15)33-24(38)22-17(29)5-4-6-18(22)30/h2-8,14,16,19H,9-13H2,1H3,(H,32,42)(H,39,40)(H2,31,33,34,38,41). The predicted octanol–water partition coefficient (Wildman–Crippen LogP) is 3.02. The van der Waals surface area contributed by atoms with Crippen LogP contribution in [0, 0.1) is 0 Å². The second kappa shape index (κ2) is 12.3. The number of carboxylic acids is 1. The highest BCUT2D eigenvalue weighted by atomic mass is 35.5. The van der Waals surface area contributed by atoms with Gasteiger partial charge in [-0.3, -0.25) is 13.9 Å². The number of carbonyl (C=O) groups excluding carboxylic acids is 2. The fraction of sp³-hybridized carbons (Fsp3) is 0.286. The van der Waals surface area contributed by atoms with Crippen molar-refractivity contribution < 1.29 is 19.5 Å². The first kappa shape index (κ1) is 29.9. The Bertz CT molecular complexity index is 1820. The normalized spacial score (nSPS) is 14.4. The molecule has 0 saturated carbocycles. The van der Waals surface area contributed by atoms with E-state index in [4.69, 9.17) is 23.2 Å². The van der Waals surface area contributed by atoms with Crippen LogP contribution in [0.1, 0.15) is 34.8 Å². The van der Waals surface area contributed by atoms with Gasteiger partial charge in [0, 0.05) is 44.4 Å². The number of rotatable bonds is 7. The fourth-order valence-electron chi connectivity index (χ4n) is 5.23. The number of nitrogens with one attached hydrogen (secondary N) is 3. The van der Waals surface area contributed by atoms with Crippen LogP contribution in [0.5, 0.6) is 0 Å². The van der Waals surface area contributed by atoms with Gasteiger partial charge in [-0.2, -0.15) is 4.98 Å². The third-order valence-corrected chi connectivity index (χ3v) is 8.07. The molecule has 3 amide bonds. The summed E-state index contributed by atoms with van der Waals surface area (Å²) in [6.45, 7) is 0.608. The molecule has 43 heavy (non-hydrogen) atoms. The van der Waals surface area contributed by atoms with Crippen molar-refractivity contribution in [3.05, 3.63) is 90.8 Å². The molecule has 1 aliphatic heterocycles. The summed E-state index contributed by atoms with van der Waals surface area (Å²) in [5, 5.41) is 15.0. The SMILES string of the molecule is Cn1c(=O)n(C2CCN(C(=O)NC(Cc3c[nH]c(=O)nc3NC(=O)c3c(Cl)cccc3Cl)C(=O)O)CC2)c2ccccc21. The lowest BCUT2D eigenvalue weighted by Crippen LogP contribution is -2.51. The summed E-state index contributed by atoms with van der Waals surface area (Å²) in [6, 6.07) is 9.86. The highest BCUT2D eigenvalue weighted by Crippen LogP contribution is 2.27. The fourth-order valence-corrected chi connectivity index (χ4v) is 5.80. The molecule has 1 saturated heterocycles. The molecule has 3 heterocycles. The molecule has 2 aromatic heterocycles. The summed E-state index contributed by atoms with van der Waals surface area (Å²) >= 11 is 12.2. The Hall–Kier alpha value is -4.62. The molecule has 13 nitrogen and oxygen atoms in total. The summed E-state index contributed by atoms with van der Waals surface area (Å²) in [5.74, 6) is -2.28. The van der Waals surface area contributed by atoms with Crippen LogP contribution in [0.3, 0.4) is 0 Å². The van der Waals surface area contributed by atoms with Crippen molar-refractivity contribution in [3.63, 3.8) is 0 Å². The van der Waals surface area contributed by atoms with Crippen LogP contribution < -0.4 is 22.0 Å². The third kappa shape index (κ3) is 6.13. The average molecular weight is 628 g/mol. The second-order valence-electron chi connectivity index (χ2n) is 10.1. The van der Waals surface area contributed by atoms with Crippen LogP contribution in [-0.2, 0) is 18.3 Å². The van der Waals surface area contributed by atoms with Gasteiger partial charge in [0.05, 0.1) is 26.6 Å². The molecular weight excluding hydrogens is 601 g/mol. The largest absolute Gasteiger partial charge is 0.480 e. The van der Waals surface area contributed by atoms with Crippen molar-refractivity contribution in [1.82, 2.24) is 29.3 Å². The molecule has 5 rings (SSSR count). The molecule has 0 spiro atoms. The van der Waals surface area contributed by atoms with E-state index in [1.165, 1.54) is 23.2 Å². The number of fused-ring (bicyclic) bond motifs is 1. The van der Waals surface area contributed by atoms with Gasteiger partial charge < -0.3 is 25.6 Å². The number of likely N-dealkylation sites (tertiary alicyclic amines) is 1. The zero-order valence-electron chi connectivity index (χ0n) is 22.8. The minimum Gasteiger partial charge on any atom is -0.480 e. The minimum absolute atomic E-state index is 0.0453. The van der Waals surface area contributed by atoms with Crippen molar-refractivity contribution >= 4 is 58.0 Å². The Morgan fingerprint density at radius 1 is 1.05 bits per heavy atom. The molecule has 15 heteroatoms. The molecule has 4 N–H and O–H groups in total. The van der Waals surface area contributed by atoms with E-state index in [-0.39, 0.29) is 45.1 Å². The predicted molar refractivity (Wildman–Crippen MR) is 160 cm³/mol. The Labute approximate surface area is 254 Å². The number of anilines is 1. The summed E-state index contributed by atoms with van der Waals surface area (Å²) in [4.78, 5) is 70.7. The topological polar surface area (TPSA) is 171 Å². The maximum Gasteiger partial charge on any atom is 0.346 e. The highest BCUT2D eigenvalue weighted by Gasteiger charge is 2.30. The molecule has 0 bridgehead atoms. The summed E-state index contributed by atoms with van der Waals surface area (Å²) in [7, 11) is 1.72. The lowest BCUT2D eigenvalue weighted by molar-refractivity contribution is -0.139. The van der Waals surface area contributed by atoms with E-state index >= 15 is 0 Å². The van der Waals surface area contributed by atoms with Gasteiger partial charge in [-0.25, -0.2) is 19.2 Å². The Morgan fingerprint density at radius 3 is 2.35 bits per heavy atom. The number of hydrogen-bond donors (Lipinski definition) is 4. The van der Waals surface area contributed by atoms with Gasteiger partial charge in [0.15, 0.2) is 0 Å². The van der Waals surface area contributed by atoms with E-state index in [1.54, 1.807) is 22.2 Å². The molecule has 1 aliphatic rings. The van der Waals surface area contributed by atoms with Crippen molar-refractivity contribution in [2.45, 2.75) is 31.3 Å². The number of imidazole rings is 1. The third-order valence-electron chi connectivity index (χ3n) is 7.44. The zero-order valence-corrected chi connectivity index (χ0v) is 24.4. The number of amides is 3. The Balaban J connectivity index is 1.27. The smallest absolute Gasteiger partial charge is 0.346 e. The quantitative estimate of drug-likeness (QED) is 0.244. The molecule has 0 radical (unpaired) electrons. The molecule has 1 unspecified atom stereocenters. The number of aromatic nitrogens is 4. The first-order valence-electron chi connectivity index (χ1n) is 13.3. The van der Waals surface area contributed by atoms with Crippen LogP contribution in [-0.4, -0.2) is 66.1 Å². The number of benzene rings is 2. The summed E-state index contributed by atoms with van der Waals surface area (Å²) < 4.78 is 3.34. The van der Waals surface area contributed by atoms with Gasteiger partial charge in [-0.15, -0.1) is 0 Å². The van der Waals surface area contributed by atoms with Gasteiger partial charge >= 0.3 is 23.4 Å². The molecule has 4 aromatic rings. The zero-order chi connectivity index (χ0) is 30.8. The molecule has 0 aliphatic carbocycles. The second-order valence-corrected chi connectivity index (χ2v) is 10.9. The van der Waals surface area contributed by atoms with E-state index in [0.717, 1.165) is 11.0 Å². The number of aliphatic carboxylic acids is 1. The number of nitrogens with zero attached hydrogens (tertiary/aromatic N) is 4. The number of aromatic amines is 1. The van der Waals surface area contributed by atoms with Crippen LogP contribution in [0.25, 0.3) is 11.0 Å². The van der Waals surface area contributed by atoms with E-state index in [1.807, 2.05) is 24.3 Å². The van der Waals surface area contributed by atoms with E-state index in [0.29, 0.717) is 25.9 Å². The van der Waals surface area contributed by atoms with Gasteiger partial charge in [0.2, 0.25) is 0 Å². The van der Waals surface area contributed by atoms with Gasteiger partial charge in [-0.1, -0.05) is 41.4 Å². The van der Waals surface area contributed by atoms with Crippen molar-refractivity contribution in [1.29, 1.82) is 0 Å². The van der Waals surface area contributed by atoms with E-state index < -0.39 is 29.6 Å². The number of halogens is 2. The molecular formula is C28H27Cl2N7O6. The monoisotopic (exact) mass is 627 g/mol. The first-order valence-corrected chi connectivity index (χ1v) is 14.1. The molecule has 224 valence electrons. The van der Waals surface area contributed by atoms with E-state index in [9.17, 15) is 29.1 Å². The lowest BCUT2D eigenvalue weighted by atomic mass is 10.0. The van der Waals surface area contributed by atoms with Crippen molar-refractivity contribution in [2.24, 2.45) is 7.05 Å². The number of aryl methyl sites for hydroxylation is 1. The van der Waals surface area contributed by atoms with Crippen molar-refractivity contribution in [2.75, 3.05) is 18.4 Å². The van der Waals surface area contributed by atoms with Gasteiger partial charge in [0.1, 0.15) is 11.9 Å². The highest BCUT2D eigenvalue weighted by molar-refractivity contribution is 6.40. The molecule has 2 aromatic carbocycles.